The van der Waals surface area contributed by atoms with Crippen molar-refractivity contribution < 1.29 is 14.1 Å². The summed E-state index contributed by atoms with van der Waals surface area (Å²) in [5.74, 6) is 2.22. The number of aromatic nitrogens is 2. The second-order valence-corrected chi connectivity index (χ2v) is 6.12. The molecule has 4 rings (SSSR count). The summed E-state index contributed by atoms with van der Waals surface area (Å²) in [6.45, 7) is 1.46. The number of benzene rings is 3. The van der Waals surface area contributed by atoms with E-state index in [-0.39, 0.29) is 5.91 Å². The molecule has 0 atom stereocenters. The van der Waals surface area contributed by atoms with Gasteiger partial charge in [-0.3, -0.25) is 4.79 Å². The van der Waals surface area contributed by atoms with Gasteiger partial charge in [-0.15, -0.1) is 0 Å². The molecule has 0 aliphatic rings. The van der Waals surface area contributed by atoms with E-state index in [9.17, 15) is 4.79 Å². The van der Waals surface area contributed by atoms with E-state index in [0.29, 0.717) is 17.4 Å². The average Bonchev–Trinajstić information content (AvgIpc) is 3.19. The lowest BCUT2D eigenvalue weighted by molar-refractivity contribution is -0.114. The van der Waals surface area contributed by atoms with E-state index in [1.807, 2.05) is 66.7 Å². The van der Waals surface area contributed by atoms with Crippen LogP contribution in [0.3, 0.4) is 0 Å². The number of hydrogen-bond acceptors (Lipinski definition) is 5. The van der Waals surface area contributed by atoms with Crippen LogP contribution in [0.15, 0.2) is 83.4 Å². The fraction of sp³-hybridized carbons (Fsp3) is 0.0455. The highest BCUT2D eigenvalue weighted by Gasteiger charge is 2.11. The molecule has 138 valence electrons. The normalized spacial score (nSPS) is 10.5. The number of ether oxygens (including phenoxy) is 1. The molecule has 0 radical (unpaired) electrons. The molecule has 0 aliphatic carbocycles. The Bertz CT molecular complexity index is 1090. The predicted octanol–water partition coefficient (Wildman–Crippen LogP) is 5.15. The molecule has 0 saturated carbocycles. The number of amides is 1. The van der Waals surface area contributed by atoms with Gasteiger partial charge in [0.15, 0.2) is 0 Å². The number of anilines is 1. The van der Waals surface area contributed by atoms with Gasteiger partial charge in [-0.1, -0.05) is 29.4 Å². The van der Waals surface area contributed by atoms with Crippen LogP contribution in [0.1, 0.15) is 6.92 Å². The zero-order valence-electron chi connectivity index (χ0n) is 15.1. The number of carbonyl (C=O) groups excluding carboxylic acids is 1. The van der Waals surface area contributed by atoms with Crippen molar-refractivity contribution in [2.75, 3.05) is 5.32 Å². The molecule has 6 nitrogen and oxygen atoms in total. The Labute approximate surface area is 161 Å². The number of rotatable bonds is 5. The summed E-state index contributed by atoms with van der Waals surface area (Å²) in [4.78, 5) is 15.7. The fourth-order valence-electron chi connectivity index (χ4n) is 2.69. The van der Waals surface area contributed by atoms with Crippen molar-refractivity contribution in [3.8, 4) is 34.3 Å². The van der Waals surface area contributed by atoms with E-state index in [4.69, 9.17) is 9.26 Å². The first-order valence-electron chi connectivity index (χ1n) is 8.72. The molecule has 1 aromatic heterocycles. The molecule has 4 aromatic rings. The molecule has 0 fully saturated rings. The Morgan fingerprint density at radius 2 is 1.64 bits per heavy atom. The van der Waals surface area contributed by atoms with Crippen LogP contribution in [0.25, 0.3) is 22.8 Å². The zero-order valence-corrected chi connectivity index (χ0v) is 15.1. The van der Waals surface area contributed by atoms with Crippen LogP contribution in [-0.2, 0) is 4.79 Å². The molecule has 0 spiro atoms. The minimum atomic E-state index is -0.138. The van der Waals surface area contributed by atoms with Crippen molar-refractivity contribution in [2.24, 2.45) is 0 Å². The van der Waals surface area contributed by atoms with Gasteiger partial charge in [-0.2, -0.15) is 4.98 Å². The molecule has 28 heavy (non-hydrogen) atoms. The molecular formula is C22H17N3O3. The first-order chi connectivity index (χ1) is 13.7. The van der Waals surface area contributed by atoms with Crippen molar-refractivity contribution in [1.29, 1.82) is 0 Å². The Kier molecular flexibility index (Phi) is 4.84. The van der Waals surface area contributed by atoms with Gasteiger partial charge in [0.1, 0.15) is 11.5 Å². The highest BCUT2D eigenvalue weighted by Crippen LogP contribution is 2.27. The second kappa shape index (κ2) is 7.75. The number of nitrogens with one attached hydrogen (secondary N) is 1. The number of hydrogen-bond donors (Lipinski definition) is 1. The van der Waals surface area contributed by atoms with Crippen LogP contribution in [0, 0.1) is 0 Å². The third kappa shape index (κ3) is 4.07. The van der Waals surface area contributed by atoms with E-state index in [1.54, 1.807) is 12.1 Å². The van der Waals surface area contributed by atoms with Gasteiger partial charge in [-0.05, 0) is 54.6 Å². The minimum absolute atomic E-state index is 0.138. The molecule has 0 unspecified atom stereocenters. The van der Waals surface area contributed by atoms with Gasteiger partial charge in [0.05, 0.1) is 0 Å². The molecular weight excluding hydrogens is 354 g/mol. The molecule has 0 saturated heterocycles. The average molecular weight is 371 g/mol. The summed E-state index contributed by atoms with van der Waals surface area (Å²) in [5.41, 5.74) is 2.22. The summed E-state index contributed by atoms with van der Waals surface area (Å²) in [6.07, 6.45) is 0. The predicted molar refractivity (Wildman–Crippen MR) is 106 cm³/mol. The molecule has 3 aromatic carbocycles. The lowest BCUT2D eigenvalue weighted by atomic mass is 10.2. The summed E-state index contributed by atoms with van der Waals surface area (Å²) in [5, 5.41) is 6.79. The van der Waals surface area contributed by atoms with Crippen LogP contribution in [0.4, 0.5) is 5.69 Å². The Hall–Kier alpha value is -3.93. The van der Waals surface area contributed by atoms with E-state index in [2.05, 4.69) is 15.5 Å². The van der Waals surface area contributed by atoms with Gasteiger partial charge in [0.25, 0.3) is 5.89 Å². The minimum Gasteiger partial charge on any atom is -0.457 e. The Balaban J connectivity index is 1.52. The molecule has 1 N–H and O–H groups in total. The Morgan fingerprint density at radius 1 is 0.893 bits per heavy atom. The molecule has 1 heterocycles. The maximum absolute atomic E-state index is 11.2. The molecule has 0 aliphatic heterocycles. The highest BCUT2D eigenvalue weighted by atomic mass is 16.5. The molecule has 6 heteroatoms. The SMILES string of the molecule is CC(=O)Nc1cccc(-c2nc(-c3ccc(Oc4ccccc4)cc3)no2)c1. The van der Waals surface area contributed by atoms with Crippen molar-refractivity contribution >= 4 is 11.6 Å². The zero-order chi connectivity index (χ0) is 19.3. The van der Waals surface area contributed by atoms with E-state index >= 15 is 0 Å². The van der Waals surface area contributed by atoms with E-state index in [1.165, 1.54) is 6.92 Å². The van der Waals surface area contributed by atoms with Crippen molar-refractivity contribution in [3.05, 3.63) is 78.9 Å². The van der Waals surface area contributed by atoms with Crippen LogP contribution >= 0.6 is 0 Å². The molecule has 0 bridgehead atoms. The second-order valence-electron chi connectivity index (χ2n) is 6.12. The number of carbonyl (C=O) groups is 1. The topological polar surface area (TPSA) is 77.2 Å². The summed E-state index contributed by atoms with van der Waals surface area (Å²) < 4.78 is 11.2. The maximum atomic E-state index is 11.2. The van der Waals surface area contributed by atoms with Crippen LogP contribution in [0.5, 0.6) is 11.5 Å². The third-order valence-electron chi connectivity index (χ3n) is 3.95. The van der Waals surface area contributed by atoms with Gasteiger partial charge < -0.3 is 14.6 Å². The molecule has 1 amide bonds. The summed E-state index contributed by atoms with van der Waals surface area (Å²) >= 11 is 0. The van der Waals surface area contributed by atoms with E-state index in [0.717, 1.165) is 22.6 Å². The highest BCUT2D eigenvalue weighted by molar-refractivity contribution is 5.89. The summed E-state index contributed by atoms with van der Waals surface area (Å²) in [7, 11) is 0. The van der Waals surface area contributed by atoms with Gasteiger partial charge in [-0.25, -0.2) is 0 Å². The smallest absolute Gasteiger partial charge is 0.258 e. The lowest BCUT2D eigenvalue weighted by Gasteiger charge is -2.05. The standard InChI is InChI=1S/C22H17N3O3/c1-15(26)23-18-7-5-6-17(14-18)22-24-21(25-28-22)16-10-12-20(13-11-16)27-19-8-3-2-4-9-19/h2-14H,1H3,(H,23,26). The lowest BCUT2D eigenvalue weighted by Crippen LogP contribution is -2.05. The van der Waals surface area contributed by atoms with Crippen molar-refractivity contribution in [1.82, 2.24) is 10.1 Å². The van der Waals surface area contributed by atoms with Gasteiger partial charge in [0.2, 0.25) is 11.7 Å². The number of nitrogens with zero attached hydrogens (tertiary/aromatic N) is 2. The monoisotopic (exact) mass is 371 g/mol. The Morgan fingerprint density at radius 3 is 2.39 bits per heavy atom. The van der Waals surface area contributed by atoms with E-state index < -0.39 is 0 Å². The van der Waals surface area contributed by atoms with Crippen molar-refractivity contribution in [2.45, 2.75) is 6.92 Å². The van der Waals surface area contributed by atoms with Gasteiger partial charge in [0, 0.05) is 23.7 Å². The fourth-order valence-corrected chi connectivity index (χ4v) is 2.69. The number of para-hydroxylation sites is 1. The van der Waals surface area contributed by atoms with Gasteiger partial charge >= 0.3 is 0 Å². The maximum Gasteiger partial charge on any atom is 0.258 e. The van der Waals surface area contributed by atoms with Crippen LogP contribution < -0.4 is 10.1 Å². The van der Waals surface area contributed by atoms with Crippen LogP contribution in [-0.4, -0.2) is 16.0 Å². The quantitative estimate of drug-likeness (QED) is 0.525. The summed E-state index contributed by atoms with van der Waals surface area (Å²) in [6, 6.07) is 24.3. The van der Waals surface area contributed by atoms with Crippen molar-refractivity contribution in [3.63, 3.8) is 0 Å². The largest absolute Gasteiger partial charge is 0.457 e. The first-order valence-corrected chi connectivity index (χ1v) is 8.72. The third-order valence-corrected chi connectivity index (χ3v) is 3.95. The van der Waals surface area contributed by atoms with Crippen LogP contribution in [0.2, 0.25) is 0 Å². The first kappa shape index (κ1) is 17.5.